The van der Waals surface area contributed by atoms with E-state index < -0.39 is 0 Å². The first-order valence-corrected chi connectivity index (χ1v) is 8.92. The van der Waals surface area contributed by atoms with Gasteiger partial charge in [0.15, 0.2) is 5.82 Å². The molecule has 0 atom stereocenters. The molecule has 1 aliphatic rings. The molecule has 1 N–H and O–H groups in total. The fraction of sp³-hybridized carbons (Fsp3) is 0.474. The lowest BCUT2D eigenvalue weighted by Gasteiger charge is -2.26. The van der Waals surface area contributed by atoms with E-state index in [0.717, 1.165) is 48.6 Å². The summed E-state index contributed by atoms with van der Waals surface area (Å²) < 4.78 is 0. The van der Waals surface area contributed by atoms with Crippen molar-refractivity contribution in [1.82, 2.24) is 19.9 Å². The fourth-order valence-electron chi connectivity index (χ4n) is 3.01. The molecule has 1 saturated heterocycles. The maximum Gasteiger partial charge on any atom is 0.224 e. The molecule has 0 unspecified atom stereocenters. The second-order valence-corrected chi connectivity index (χ2v) is 6.47. The molecule has 6 nitrogen and oxygen atoms in total. The van der Waals surface area contributed by atoms with Crippen molar-refractivity contribution in [1.29, 1.82) is 0 Å². The average Bonchev–Trinajstić information content (AvgIpc) is 2.66. The first-order chi connectivity index (χ1) is 12.1. The zero-order chi connectivity index (χ0) is 17.6. The van der Waals surface area contributed by atoms with Gasteiger partial charge in [-0.3, -0.25) is 9.78 Å². The van der Waals surface area contributed by atoms with E-state index in [1.807, 2.05) is 30.9 Å². The summed E-state index contributed by atoms with van der Waals surface area (Å²) in [5.74, 6) is 1.67. The zero-order valence-corrected chi connectivity index (χ0v) is 15.0. The molecule has 3 rings (SSSR count). The molecule has 2 aromatic rings. The zero-order valence-electron chi connectivity index (χ0n) is 15.0. The van der Waals surface area contributed by atoms with Crippen molar-refractivity contribution in [2.45, 2.75) is 39.5 Å². The molecule has 1 aliphatic heterocycles. The van der Waals surface area contributed by atoms with Crippen LogP contribution < -0.4 is 5.32 Å². The van der Waals surface area contributed by atoms with Gasteiger partial charge in [-0.2, -0.15) is 0 Å². The Labute approximate surface area is 148 Å². The lowest BCUT2D eigenvalue weighted by Crippen LogP contribution is -2.36. The van der Waals surface area contributed by atoms with Crippen LogP contribution in [0.15, 0.2) is 24.5 Å². The molecule has 0 aromatic carbocycles. The molecular formula is C19H25N5O. The van der Waals surface area contributed by atoms with E-state index in [-0.39, 0.29) is 5.91 Å². The van der Waals surface area contributed by atoms with Crippen LogP contribution in [-0.4, -0.2) is 45.4 Å². The summed E-state index contributed by atoms with van der Waals surface area (Å²) in [6.07, 6.45) is 7.46. The third kappa shape index (κ3) is 4.32. The van der Waals surface area contributed by atoms with Crippen molar-refractivity contribution in [3.63, 3.8) is 0 Å². The highest BCUT2D eigenvalue weighted by molar-refractivity contribution is 5.76. The van der Waals surface area contributed by atoms with Gasteiger partial charge >= 0.3 is 0 Å². The molecule has 6 heteroatoms. The van der Waals surface area contributed by atoms with Crippen LogP contribution >= 0.6 is 0 Å². The minimum atomic E-state index is 0.225. The summed E-state index contributed by atoms with van der Waals surface area (Å²) in [4.78, 5) is 27.6. The number of nitrogens with one attached hydrogen (secondary N) is 1. The molecule has 25 heavy (non-hydrogen) atoms. The van der Waals surface area contributed by atoms with Crippen LogP contribution in [0.5, 0.6) is 0 Å². The summed E-state index contributed by atoms with van der Waals surface area (Å²) in [5, 5.41) is 3.31. The maximum atomic E-state index is 12.3. The molecule has 0 bridgehead atoms. The molecule has 1 fully saturated rings. The van der Waals surface area contributed by atoms with Gasteiger partial charge in [-0.1, -0.05) is 0 Å². The molecule has 1 amide bonds. The van der Waals surface area contributed by atoms with Crippen LogP contribution in [0, 0.1) is 13.8 Å². The van der Waals surface area contributed by atoms with Crippen LogP contribution in [0.25, 0.3) is 11.4 Å². The van der Waals surface area contributed by atoms with Crippen molar-refractivity contribution in [2.24, 2.45) is 0 Å². The van der Waals surface area contributed by atoms with E-state index in [4.69, 9.17) is 0 Å². The Kier molecular flexibility index (Phi) is 5.58. The topological polar surface area (TPSA) is 71.0 Å². The smallest absolute Gasteiger partial charge is 0.224 e. The number of aromatic nitrogens is 3. The minimum Gasteiger partial charge on any atom is -0.369 e. The highest BCUT2D eigenvalue weighted by Gasteiger charge is 2.16. The Morgan fingerprint density at radius 3 is 2.72 bits per heavy atom. The summed E-state index contributed by atoms with van der Waals surface area (Å²) in [5.41, 5.74) is 2.83. The third-order valence-electron chi connectivity index (χ3n) is 4.65. The van der Waals surface area contributed by atoms with E-state index in [9.17, 15) is 4.79 Å². The molecule has 0 radical (unpaired) electrons. The Bertz CT molecular complexity index is 726. The Morgan fingerprint density at radius 1 is 1.20 bits per heavy atom. The fourth-order valence-corrected chi connectivity index (χ4v) is 3.01. The van der Waals surface area contributed by atoms with Gasteiger partial charge < -0.3 is 10.2 Å². The summed E-state index contributed by atoms with van der Waals surface area (Å²) >= 11 is 0. The number of likely N-dealkylation sites (tertiary alicyclic amines) is 1. The first-order valence-electron chi connectivity index (χ1n) is 8.92. The number of amides is 1. The summed E-state index contributed by atoms with van der Waals surface area (Å²) in [7, 11) is 0. The molecule has 2 aromatic heterocycles. The number of carbonyl (C=O) groups is 1. The number of hydrogen-bond donors (Lipinski definition) is 1. The monoisotopic (exact) mass is 339 g/mol. The normalized spacial score (nSPS) is 14.4. The Hall–Kier alpha value is -2.50. The molecular weight excluding hydrogens is 314 g/mol. The highest BCUT2D eigenvalue weighted by Crippen LogP contribution is 2.21. The lowest BCUT2D eigenvalue weighted by atomic mass is 10.1. The van der Waals surface area contributed by atoms with Crippen LogP contribution in [0.2, 0.25) is 0 Å². The Morgan fingerprint density at radius 2 is 2.00 bits per heavy atom. The largest absolute Gasteiger partial charge is 0.369 e. The molecule has 3 heterocycles. The molecule has 132 valence electrons. The number of carbonyl (C=O) groups excluding carboxylic acids is 1. The van der Waals surface area contributed by atoms with Crippen molar-refractivity contribution in [3.8, 4) is 11.4 Å². The van der Waals surface area contributed by atoms with Crippen molar-refractivity contribution < 1.29 is 4.79 Å². The van der Waals surface area contributed by atoms with Gasteiger partial charge in [0.1, 0.15) is 5.82 Å². The minimum absolute atomic E-state index is 0.225. The van der Waals surface area contributed by atoms with E-state index in [0.29, 0.717) is 18.8 Å². The van der Waals surface area contributed by atoms with Gasteiger partial charge in [0, 0.05) is 55.3 Å². The van der Waals surface area contributed by atoms with Crippen LogP contribution in [0.3, 0.4) is 0 Å². The maximum absolute atomic E-state index is 12.3. The van der Waals surface area contributed by atoms with Gasteiger partial charge in [0.2, 0.25) is 5.91 Å². The number of piperidine rings is 1. The van der Waals surface area contributed by atoms with Crippen molar-refractivity contribution in [3.05, 3.63) is 35.8 Å². The number of hydrogen-bond acceptors (Lipinski definition) is 5. The number of pyridine rings is 1. The predicted molar refractivity (Wildman–Crippen MR) is 98.3 cm³/mol. The molecule has 0 aliphatic carbocycles. The van der Waals surface area contributed by atoms with E-state index in [1.165, 1.54) is 6.42 Å². The van der Waals surface area contributed by atoms with Gasteiger partial charge in [-0.25, -0.2) is 9.97 Å². The van der Waals surface area contributed by atoms with E-state index >= 15 is 0 Å². The second kappa shape index (κ2) is 8.05. The Balaban J connectivity index is 1.65. The number of nitrogens with zero attached hydrogens (tertiary/aromatic N) is 4. The highest BCUT2D eigenvalue weighted by atomic mass is 16.2. The summed E-state index contributed by atoms with van der Waals surface area (Å²) in [6.45, 7) is 6.35. The summed E-state index contributed by atoms with van der Waals surface area (Å²) in [6, 6.07) is 3.82. The van der Waals surface area contributed by atoms with Crippen molar-refractivity contribution >= 4 is 11.7 Å². The van der Waals surface area contributed by atoms with Crippen LogP contribution in [-0.2, 0) is 4.79 Å². The van der Waals surface area contributed by atoms with Gasteiger partial charge in [-0.15, -0.1) is 0 Å². The number of anilines is 1. The average molecular weight is 339 g/mol. The number of rotatable bonds is 5. The van der Waals surface area contributed by atoms with Gasteiger partial charge in [-0.05, 0) is 45.2 Å². The van der Waals surface area contributed by atoms with Gasteiger partial charge in [0.05, 0.1) is 0 Å². The van der Waals surface area contributed by atoms with Crippen LogP contribution in [0.4, 0.5) is 5.82 Å². The standard InChI is InChI=1S/C19H25N5O/c1-14-15(2)22-19(16-7-6-9-20-13-16)23-18(14)21-10-8-17(25)24-11-4-3-5-12-24/h6-7,9,13H,3-5,8,10-12H2,1-2H3,(H,21,22,23). The molecule has 0 spiro atoms. The first kappa shape index (κ1) is 17.3. The second-order valence-electron chi connectivity index (χ2n) is 6.47. The third-order valence-corrected chi connectivity index (χ3v) is 4.65. The lowest BCUT2D eigenvalue weighted by molar-refractivity contribution is -0.131. The van der Waals surface area contributed by atoms with E-state index in [2.05, 4.69) is 20.3 Å². The van der Waals surface area contributed by atoms with Crippen LogP contribution in [0.1, 0.15) is 36.9 Å². The number of aryl methyl sites for hydroxylation is 1. The quantitative estimate of drug-likeness (QED) is 0.907. The predicted octanol–water partition coefficient (Wildman–Crippen LogP) is 2.97. The van der Waals surface area contributed by atoms with E-state index in [1.54, 1.807) is 12.4 Å². The van der Waals surface area contributed by atoms with Crippen molar-refractivity contribution in [2.75, 3.05) is 25.0 Å². The van der Waals surface area contributed by atoms with Gasteiger partial charge in [0.25, 0.3) is 0 Å². The molecule has 0 saturated carbocycles. The SMILES string of the molecule is Cc1nc(-c2cccnc2)nc(NCCC(=O)N2CCCCC2)c1C.